The van der Waals surface area contributed by atoms with E-state index in [4.69, 9.17) is 4.18 Å². The van der Waals surface area contributed by atoms with E-state index in [2.05, 4.69) is 16.9 Å². The normalized spacial score (nSPS) is 29.6. The van der Waals surface area contributed by atoms with Crippen LogP contribution in [0.15, 0.2) is 12.2 Å². The summed E-state index contributed by atoms with van der Waals surface area (Å²) in [6, 6.07) is 0.358. The molecule has 2 aliphatic rings. The van der Waals surface area contributed by atoms with E-state index < -0.39 is 11.3 Å². The van der Waals surface area contributed by atoms with Gasteiger partial charge in [0.1, 0.15) is 0 Å². The van der Waals surface area contributed by atoms with Crippen LogP contribution in [0.4, 0.5) is 0 Å². The van der Waals surface area contributed by atoms with Gasteiger partial charge in [0.2, 0.25) is 11.3 Å². The molecular weight excluding hydrogens is 338 g/mol. The van der Waals surface area contributed by atoms with Crippen LogP contribution >= 0.6 is 0 Å². The van der Waals surface area contributed by atoms with Gasteiger partial charge in [-0.1, -0.05) is 19.1 Å². The second kappa shape index (κ2) is 10.4. The predicted molar refractivity (Wildman–Crippen MR) is 99.9 cm³/mol. The minimum absolute atomic E-state index is 0.141. The first-order chi connectivity index (χ1) is 12.1. The molecule has 5 atom stereocenters. The molecule has 0 spiro atoms. The molecule has 5 unspecified atom stereocenters. The van der Waals surface area contributed by atoms with Gasteiger partial charge in [-0.2, -0.15) is 0 Å². The first-order valence-corrected chi connectivity index (χ1v) is 10.6. The van der Waals surface area contributed by atoms with Crippen molar-refractivity contribution in [2.45, 2.75) is 64.3 Å². The van der Waals surface area contributed by atoms with Gasteiger partial charge < -0.3 is 4.74 Å². The topological polar surface area (TPSA) is 55.8 Å². The number of hydrogen-bond acceptors (Lipinski definition) is 4. The lowest BCUT2D eigenvalue weighted by Gasteiger charge is -2.35. The fourth-order valence-electron chi connectivity index (χ4n) is 4.45. The molecule has 25 heavy (non-hydrogen) atoms. The Morgan fingerprint density at radius 3 is 2.76 bits per heavy atom. The second-order valence-corrected chi connectivity index (χ2v) is 8.49. The fourth-order valence-corrected chi connectivity index (χ4v) is 5.46. The van der Waals surface area contributed by atoms with E-state index >= 15 is 0 Å². The molecular formula is C19H33NO4S. The maximum atomic E-state index is 12.4. The van der Waals surface area contributed by atoms with Crippen molar-refractivity contribution in [1.29, 1.82) is 0 Å². The second-order valence-electron chi connectivity index (χ2n) is 7.25. The van der Waals surface area contributed by atoms with Crippen LogP contribution in [0.5, 0.6) is 0 Å². The van der Waals surface area contributed by atoms with Crippen molar-refractivity contribution in [2.24, 2.45) is 17.8 Å². The van der Waals surface area contributed by atoms with Crippen molar-refractivity contribution in [3.8, 4) is 0 Å². The number of methoxy groups -OCH3 is 1. The number of rotatable bonds is 11. The van der Waals surface area contributed by atoms with Crippen molar-refractivity contribution in [1.82, 2.24) is 4.31 Å². The zero-order valence-corrected chi connectivity index (χ0v) is 16.6. The maximum Gasteiger partial charge on any atom is 0.305 e. The van der Waals surface area contributed by atoms with Crippen LogP contribution in [0.2, 0.25) is 0 Å². The van der Waals surface area contributed by atoms with Crippen molar-refractivity contribution >= 4 is 17.2 Å². The number of ether oxygens (including phenoxy) is 1. The van der Waals surface area contributed by atoms with Gasteiger partial charge in [0.15, 0.2) is 0 Å². The third-order valence-electron chi connectivity index (χ3n) is 5.64. The lowest BCUT2D eigenvalue weighted by atomic mass is 9.82. The maximum absolute atomic E-state index is 12.4. The van der Waals surface area contributed by atoms with Crippen molar-refractivity contribution in [2.75, 3.05) is 20.8 Å². The molecule has 2 saturated carbocycles. The number of nitrogens with zero attached hydrogens (tertiary/aromatic N) is 1. The Kier molecular flexibility index (Phi) is 8.59. The van der Waals surface area contributed by atoms with Crippen LogP contribution < -0.4 is 0 Å². The molecule has 2 rings (SSSR count). The van der Waals surface area contributed by atoms with Crippen molar-refractivity contribution < 1.29 is 17.9 Å². The van der Waals surface area contributed by atoms with Gasteiger partial charge in [0, 0.05) is 19.5 Å². The van der Waals surface area contributed by atoms with Crippen LogP contribution in [-0.4, -0.2) is 41.3 Å². The summed E-state index contributed by atoms with van der Waals surface area (Å²) in [5, 5.41) is 0. The largest absolute Gasteiger partial charge is 0.469 e. The minimum Gasteiger partial charge on any atom is -0.469 e. The van der Waals surface area contributed by atoms with E-state index in [0.717, 1.165) is 31.6 Å². The van der Waals surface area contributed by atoms with E-state index in [-0.39, 0.29) is 5.97 Å². The Bertz CT molecular complexity index is 482. The molecule has 0 aromatic carbocycles. The highest BCUT2D eigenvalue weighted by molar-refractivity contribution is 7.77. The summed E-state index contributed by atoms with van der Waals surface area (Å²) in [6.07, 6.45) is 12.4. The molecule has 144 valence electrons. The molecule has 0 aromatic heterocycles. The van der Waals surface area contributed by atoms with E-state index in [1.54, 1.807) is 0 Å². The number of carbonyl (C=O) groups excluding carboxylic acids is 1. The molecule has 5 nitrogen and oxygen atoms in total. The van der Waals surface area contributed by atoms with Crippen molar-refractivity contribution in [3.05, 3.63) is 12.2 Å². The average molecular weight is 372 g/mol. The summed E-state index contributed by atoms with van der Waals surface area (Å²) in [6.45, 7) is 2.57. The summed E-state index contributed by atoms with van der Waals surface area (Å²) in [5.41, 5.74) is 0. The Labute approximate surface area is 154 Å². The Morgan fingerprint density at radius 2 is 2.04 bits per heavy atom. The molecule has 0 saturated heterocycles. The third kappa shape index (κ3) is 5.63. The summed E-state index contributed by atoms with van der Waals surface area (Å²) in [5.74, 6) is 1.83. The summed E-state index contributed by atoms with van der Waals surface area (Å²) in [4.78, 5) is 11.1. The van der Waals surface area contributed by atoms with Gasteiger partial charge in [0.05, 0.1) is 13.7 Å². The van der Waals surface area contributed by atoms with Gasteiger partial charge in [-0.15, -0.1) is 0 Å². The number of unbranched alkanes of at least 4 members (excludes halogenated alkanes) is 1. The molecule has 2 bridgehead atoms. The van der Waals surface area contributed by atoms with Gasteiger partial charge in [-0.3, -0.25) is 8.98 Å². The lowest BCUT2D eigenvalue weighted by Crippen LogP contribution is -2.43. The summed E-state index contributed by atoms with van der Waals surface area (Å²) in [7, 11) is 3.38. The SMILES string of the molecule is CCCOS(=O)N(C)C1C2CCC(C2)C1C/C=C/CCCC(=O)OC. The van der Waals surface area contributed by atoms with Gasteiger partial charge >= 0.3 is 5.97 Å². The Hall–Kier alpha value is -0.720. The number of fused-ring (bicyclic) bond motifs is 2. The Morgan fingerprint density at radius 1 is 1.28 bits per heavy atom. The molecule has 2 aliphatic carbocycles. The van der Waals surface area contributed by atoms with E-state index in [1.807, 2.05) is 18.3 Å². The smallest absolute Gasteiger partial charge is 0.305 e. The molecule has 0 heterocycles. The van der Waals surface area contributed by atoms with Gasteiger partial charge in [0.25, 0.3) is 0 Å². The molecule has 0 aliphatic heterocycles. The van der Waals surface area contributed by atoms with Crippen LogP contribution in [0, 0.1) is 17.8 Å². The monoisotopic (exact) mass is 371 g/mol. The highest BCUT2D eigenvalue weighted by Gasteiger charge is 2.49. The van der Waals surface area contributed by atoms with Crippen LogP contribution in [0.25, 0.3) is 0 Å². The fraction of sp³-hybridized carbons (Fsp3) is 0.842. The third-order valence-corrected chi connectivity index (χ3v) is 6.72. The lowest BCUT2D eigenvalue weighted by molar-refractivity contribution is -0.140. The summed E-state index contributed by atoms with van der Waals surface area (Å²) >= 11 is -1.34. The number of allylic oxidation sites excluding steroid dienone is 2. The first-order valence-electron chi connectivity index (χ1n) is 9.58. The zero-order chi connectivity index (χ0) is 18.2. The predicted octanol–water partition coefficient (Wildman–Crippen LogP) is 3.63. The molecule has 6 heteroatoms. The Balaban J connectivity index is 1.83. The first kappa shape index (κ1) is 20.6. The standard InChI is InChI=1S/C19H33NO4S/c1-4-13-24-25(22)20(2)19-16-12-11-15(14-16)17(19)9-7-5-6-8-10-18(21)23-3/h5,7,15-17,19H,4,6,8-14H2,1-3H3/b7-5+. The molecule has 0 amide bonds. The van der Waals surface area contributed by atoms with Crippen LogP contribution in [-0.2, 0) is 25.0 Å². The quantitative estimate of drug-likeness (QED) is 0.316. The van der Waals surface area contributed by atoms with E-state index in [9.17, 15) is 9.00 Å². The molecule has 2 fully saturated rings. The van der Waals surface area contributed by atoms with Gasteiger partial charge in [-0.25, -0.2) is 8.51 Å². The van der Waals surface area contributed by atoms with Crippen molar-refractivity contribution in [3.63, 3.8) is 0 Å². The molecule has 0 radical (unpaired) electrons. The number of hydrogen-bond donors (Lipinski definition) is 0. The van der Waals surface area contributed by atoms with Crippen LogP contribution in [0.3, 0.4) is 0 Å². The summed E-state index contributed by atoms with van der Waals surface area (Å²) < 4.78 is 24.4. The minimum atomic E-state index is -1.34. The highest BCUT2D eigenvalue weighted by Crippen LogP contribution is 2.51. The molecule has 0 aromatic rings. The zero-order valence-electron chi connectivity index (χ0n) is 15.8. The average Bonchev–Trinajstić information content (AvgIpc) is 3.22. The number of carbonyl (C=O) groups is 1. The van der Waals surface area contributed by atoms with E-state index in [1.165, 1.54) is 26.4 Å². The number of esters is 1. The van der Waals surface area contributed by atoms with Crippen LogP contribution in [0.1, 0.15) is 58.3 Å². The van der Waals surface area contributed by atoms with Gasteiger partial charge in [-0.05, 0) is 62.7 Å². The highest BCUT2D eigenvalue weighted by atomic mass is 32.2. The van der Waals surface area contributed by atoms with E-state index in [0.29, 0.717) is 30.9 Å². The molecule has 0 N–H and O–H groups in total.